The number of carbonyl (C=O) groups excluding carboxylic acids is 2. The molecule has 0 spiro atoms. The maximum Gasteiger partial charge on any atom is 0.313 e. The van der Waals surface area contributed by atoms with Gasteiger partial charge in [-0.25, -0.2) is 0 Å². The number of aryl methyl sites for hydroxylation is 3. The molecule has 6 nitrogen and oxygen atoms in total. The molecule has 1 aliphatic rings. The molecule has 6 heteroatoms. The molecular formula is C22H26N2O4. The van der Waals surface area contributed by atoms with Crippen molar-refractivity contribution in [3.63, 3.8) is 0 Å². The number of methoxy groups -OCH3 is 2. The summed E-state index contributed by atoms with van der Waals surface area (Å²) in [5, 5.41) is 2.79. The minimum Gasteiger partial charge on any atom is -0.493 e. The third-order valence-corrected chi connectivity index (χ3v) is 5.12. The molecule has 1 N–H and O–H groups in total. The molecule has 3 rings (SSSR count). The summed E-state index contributed by atoms with van der Waals surface area (Å²) >= 11 is 0. The Labute approximate surface area is 165 Å². The van der Waals surface area contributed by atoms with Gasteiger partial charge >= 0.3 is 11.8 Å². The molecule has 1 aliphatic heterocycles. The number of fused-ring (bicyclic) bond motifs is 1. The molecule has 0 bridgehead atoms. The molecule has 2 amide bonds. The number of amides is 2. The van der Waals surface area contributed by atoms with Gasteiger partial charge in [0, 0.05) is 18.8 Å². The van der Waals surface area contributed by atoms with Crippen LogP contribution in [0.5, 0.6) is 11.5 Å². The Bertz CT molecular complexity index is 913. The lowest BCUT2D eigenvalue weighted by atomic mass is 9.98. The van der Waals surface area contributed by atoms with Gasteiger partial charge in [0.15, 0.2) is 11.5 Å². The van der Waals surface area contributed by atoms with Gasteiger partial charge in [0.05, 0.1) is 14.2 Å². The first-order valence-corrected chi connectivity index (χ1v) is 9.26. The average Bonchev–Trinajstić information content (AvgIpc) is 2.68. The van der Waals surface area contributed by atoms with Gasteiger partial charge < -0.3 is 19.7 Å². The second kappa shape index (κ2) is 7.92. The zero-order valence-electron chi connectivity index (χ0n) is 17.0. The molecule has 0 radical (unpaired) electrons. The number of ether oxygens (including phenoxy) is 2. The van der Waals surface area contributed by atoms with E-state index < -0.39 is 11.8 Å². The Kier molecular flexibility index (Phi) is 5.58. The van der Waals surface area contributed by atoms with Crippen LogP contribution in [0.4, 0.5) is 5.69 Å². The summed E-state index contributed by atoms with van der Waals surface area (Å²) in [6.45, 7) is 6.72. The van der Waals surface area contributed by atoms with Crippen molar-refractivity contribution in [2.45, 2.75) is 33.7 Å². The normalized spacial score (nSPS) is 13.0. The second-order valence-corrected chi connectivity index (χ2v) is 7.18. The van der Waals surface area contributed by atoms with E-state index in [0.29, 0.717) is 36.7 Å². The topological polar surface area (TPSA) is 67.9 Å². The van der Waals surface area contributed by atoms with E-state index in [4.69, 9.17) is 9.47 Å². The highest BCUT2D eigenvalue weighted by atomic mass is 16.5. The maximum atomic E-state index is 12.7. The van der Waals surface area contributed by atoms with E-state index >= 15 is 0 Å². The number of anilines is 1. The van der Waals surface area contributed by atoms with Gasteiger partial charge in [-0.15, -0.1) is 0 Å². The summed E-state index contributed by atoms with van der Waals surface area (Å²) in [7, 11) is 3.18. The van der Waals surface area contributed by atoms with Crippen LogP contribution in [0.2, 0.25) is 0 Å². The van der Waals surface area contributed by atoms with E-state index in [-0.39, 0.29) is 0 Å². The van der Waals surface area contributed by atoms with E-state index in [1.807, 2.05) is 45.0 Å². The summed E-state index contributed by atoms with van der Waals surface area (Å²) < 4.78 is 10.7. The lowest BCUT2D eigenvalue weighted by Crippen LogP contribution is -2.42. The first-order valence-electron chi connectivity index (χ1n) is 9.26. The third-order valence-electron chi connectivity index (χ3n) is 5.12. The van der Waals surface area contributed by atoms with E-state index in [2.05, 4.69) is 5.32 Å². The Morgan fingerprint density at radius 3 is 2.07 bits per heavy atom. The second-order valence-electron chi connectivity index (χ2n) is 7.18. The van der Waals surface area contributed by atoms with Crippen LogP contribution in [0.1, 0.15) is 27.8 Å². The monoisotopic (exact) mass is 382 g/mol. The summed E-state index contributed by atoms with van der Waals surface area (Å²) in [5.41, 5.74) is 5.78. The molecule has 0 saturated heterocycles. The molecular weight excluding hydrogens is 356 g/mol. The number of hydrogen-bond donors (Lipinski definition) is 1. The van der Waals surface area contributed by atoms with Crippen LogP contribution in [0.3, 0.4) is 0 Å². The number of nitrogens with zero attached hydrogens (tertiary/aromatic N) is 1. The summed E-state index contributed by atoms with van der Waals surface area (Å²) in [4.78, 5) is 26.9. The van der Waals surface area contributed by atoms with Gasteiger partial charge in [0.2, 0.25) is 0 Å². The van der Waals surface area contributed by atoms with Gasteiger partial charge in [-0.1, -0.05) is 17.7 Å². The molecule has 28 heavy (non-hydrogen) atoms. The molecule has 0 saturated carbocycles. The van der Waals surface area contributed by atoms with Gasteiger partial charge in [-0.05, 0) is 61.6 Å². The molecule has 0 aliphatic carbocycles. The lowest BCUT2D eigenvalue weighted by molar-refractivity contribution is -0.143. The van der Waals surface area contributed by atoms with E-state index in [0.717, 1.165) is 27.8 Å². The zero-order chi connectivity index (χ0) is 20.4. The Hall–Kier alpha value is -3.02. The fraction of sp³-hybridized carbons (Fsp3) is 0.364. The maximum absolute atomic E-state index is 12.7. The van der Waals surface area contributed by atoms with Gasteiger partial charge in [-0.2, -0.15) is 0 Å². The van der Waals surface area contributed by atoms with Gasteiger partial charge in [-0.3, -0.25) is 9.59 Å². The van der Waals surface area contributed by atoms with Crippen LogP contribution in [-0.4, -0.2) is 37.5 Å². The number of benzene rings is 2. The molecule has 2 aromatic rings. The quantitative estimate of drug-likeness (QED) is 0.828. The smallest absolute Gasteiger partial charge is 0.313 e. The lowest BCUT2D eigenvalue weighted by Gasteiger charge is -2.29. The van der Waals surface area contributed by atoms with E-state index in [1.54, 1.807) is 19.1 Å². The largest absolute Gasteiger partial charge is 0.493 e. The predicted molar refractivity (Wildman–Crippen MR) is 108 cm³/mol. The summed E-state index contributed by atoms with van der Waals surface area (Å²) in [6.07, 6.45) is 0.664. The van der Waals surface area contributed by atoms with Crippen molar-refractivity contribution in [1.82, 2.24) is 4.90 Å². The Balaban J connectivity index is 1.76. The minimum atomic E-state index is -0.612. The van der Waals surface area contributed by atoms with Crippen molar-refractivity contribution in [3.05, 3.63) is 52.1 Å². The SMILES string of the molecule is COc1cc2c(cc1OC)CN(C(=O)C(=O)Nc1c(C)cc(C)cc1C)CC2. The van der Waals surface area contributed by atoms with E-state index in [1.165, 1.54) is 0 Å². The third kappa shape index (κ3) is 3.81. The molecule has 0 aromatic heterocycles. The van der Waals surface area contributed by atoms with Crippen LogP contribution < -0.4 is 14.8 Å². The van der Waals surface area contributed by atoms with Gasteiger partial charge in [0.25, 0.3) is 0 Å². The van der Waals surface area contributed by atoms with Crippen LogP contribution in [-0.2, 0) is 22.6 Å². The Morgan fingerprint density at radius 1 is 0.929 bits per heavy atom. The molecule has 0 atom stereocenters. The molecule has 0 unspecified atom stereocenters. The summed E-state index contributed by atoms with van der Waals surface area (Å²) in [6, 6.07) is 7.79. The first-order chi connectivity index (χ1) is 13.3. The number of hydrogen-bond acceptors (Lipinski definition) is 4. The van der Waals surface area contributed by atoms with Gasteiger partial charge in [0.1, 0.15) is 0 Å². The van der Waals surface area contributed by atoms with Crippen LogP contribution in [0.15, 0.2) is 24.3 Å². The fourth-order valence-corrected chi connectivity index (χ4v) is 3.74. The van der Waals surface area contributed by atoms with Crippen molar-refractivity contribution in [1.29, 1.82) is 0 Å². The van der Waals surface area contributed by atoms with Crippen molar-refractivity contribution in [2.24, 2.45) is 0 Å². The molecule has 0 fully saturated rings. The fourth-order valence-electron chi connectivity index (χ4n) is 3.74. The number of nitrogens with one attached hydrogen (secondary N) is 1. The minimum absolute atomic E-state index is 0.369. The Morgan fingerprint density at radius 2 is 1.50 bits per heavy atom. The molecule has 148 valence electrons. The van der Waals surface area contributed by atoms with Crippen LogP contribution in [0.25, 0.3) is 0 Å². The van der Waals surface area contributed by atoms with Crippen LogP contribution in [0, 0.1) is 20.8 Å². The standard InChI is InChI=1S/C22H26N2O4/c1-13-8-14(2)20(15(3)9-13)23-21(25)22(26)24-7-6-16-10-18(27-4)19(28-5)11-17(16)12-24/h8-11H,6-7,12H2,1-5H3,(H,23,25). The number of carbonyl (C=O) groups is 2. The van der Waals surface area contributed by atoms with Crippen molar-refractivity contribution in [3.8, 4) is 11.5 Å². The average molecular weight is 382 g/mol. The van der Waals surface area contributed by atoms with Crippen molar-refractivity contribution in [2.75, 3.05) is 26.1 Å². The molecule has 2 aromatic carbocycles. The highest BCUT2D eigenvalue weighted by Crippen LogP contribution is 2.33. The zero-order valence-corrected chi connectivity index (χ0v) is 17.0. The van der Waals surface area contributed by atoms with Crippen LogP contribution >= 0.6 is 0 Å². The molecule has 1 heterocycles. The predicted octanol–water partition coefficient (Wildman–Crippen LogP) is 3.15. The highest BCUT2D eigenvalue weighted by Gasteiger charge is 2.27. The van der Waals surface area contributed by atoms with Crippen molar-refractivity contribution < 1.29 is 19.1 Å². The summed E-state index contributed by atoms with van der Waals surface area (Å²) in [5.74, 6) is 0.147. The first kappa shape index (κ1) is 19.7. The van der Waals surface area contributed by atoms with E-state index in [9.17, 15) is 9.59 Å². The highest BCUT2D eigenvalue weighted by molar-refractivity contribution is 6.39. The van der Waals surface area contributed by atoms with Crippen molar-refractivity contribution >= 4 is 17.5 Å². The number of rotatable bonds is 3.